The number of nitrogens with zero attached hydrogens (tertiary/aromatic N) is 2. The Balaban J connectivity index is 1.89. The van der Waals surface area contributed by atoms with Gasteiger partial charge in [-0.1, -0.05) is 30.3 Å². The highest BCUT2D eigenvalue weighted by Crippen LogP contribution is 2.41. The second-order valence-corrected chi connectivity index (χ2v) is 5.64. The van der Waals surface area contributed by atoms with Crippen molar-refractivity contribution in [3.8, 4) is 0 Å². The monoisotopic (exact) mass is 288 g/mol. The molecule has 21 heavy (non-hydrogen) atoms. The highest BCUT2D eigenvalue weighted by atomic mass is 16.2. The van der Waals surface area contributed by atoms with E-state index < -0.39 is 0 Å². The van der Waals surface area contributed by atoms with E-state index in [9.17, 15) is 9.59 Å². The molecular formula is C17H24N2O2. The lowest BCUT2D eigenvalue weighted by Crippen LogP contribution is -2.34. The largest absolute Gasteiger partial charge is 0.343 e. The molecule has 2 unspecified atom stereocenters. The Labute approximate surface area is 126 Å². The van der Waals surface area contributed by atoms with E-state index in [1.807, 2.05) is 56.1 Å². The Hall–Kier alpha value is -1.84. The summed E-state index contributed by atoms with van der Waals surface area (Å²) in [6.07, 6.45) is 0.702. The molecule has 2 atom stereocenters. The van der Waals surface area contributed by atoms with E-state index in [1.54, 1.807) is 4.90 Å². The number of hydrogen-bond acceptors (Lipinski definition) is 2. The molecule has 0 spiro atoms. The molecule has 0 N–H and O–H groups in total. The zero-order valence-corrected chi connectivity index (χ0v) is 13.1. The van der Waals surface area contributed by atoms with Gasteiger partial charge in [-0.25, -0.2) is 0 Å². The van der Waals surface area contributed by atoms with E-state index in [0.29, 0.717) is 26.1 Å². The molecule has 1 aliphatic rings. The highest BCUT2D eigenvalue weighted by molar-refractivity contribution is 5.92. The first-order chi connectivity index (χ1) is 10.1. The molecule has 1 fully saturated rings. The van der Waals surface area contributed by atoms with Crippen molar-refractivity contribution in [2.45, 2.75) is 26.8 Å². The van der Waals surface area contributed by atoms with E-state index in [1.165, 1.54) is 0 Å². The van der Waals surface area contributed by atoms with Gasteiger partial charge in [0.15, 0.2) is 0 Å². The van der Waals surface area contributed by atoms with E-state index in [0.717, 1.165) is 5.56 Å². The smallest absolute Gasteiger partial charge is 0.226 e. The summed E-state index contributed by atoms with van der Waals surface area (Å²) in [4.78, 5) is 28.1. The third kappa shape index (κ3) is 3.63. The molecule has 2 amide bonds. The van der Waals surface area contributed by atoms with Gasteiger partial charge in [0.1, 0.15) is 0 Å². The summed E-state index contributed by atoms with van der Waals surface area (Å²) >= 11 is 0. The third-order valence-corrected chi connectivity index (χ3v) is 4.14. The van der Waals surface area contributed by atoms with Crippen molar-refractivity contribution in [3.63, 3.8) is 0 Å². The van der Waals surface area contributed by atoms with Gasteiger partial charge in [-0.2, -0.15) is 0 Å². The van der Waals surface area contributed by atoms with Crippen molar-refractivity contribution in [3.05, 3.63) is 35.9 Å². The summed E-state index contributed by atoms with van der Waals surface area (Å²) in [6, 6.07) is 9.92. The van der Waals surface area contributed by atoms with Crippen molar-refractivity contribution in [2.24, 2.45) is 11.8 Å². The van der Waals surface area contributed by atoms with Gasteiger partial charge < -0.3 is 9.80 Å². The Morgan fingerprint density at radius 3 is 2.19 bits per heavy atom. The third-order valence-electron chi connectivity index (χ3n) is 4.14. The van der Waals surface area contributed by atoms with Crippen LogP contribution in [0.3, 0.4) is 0 Å². The minimum absolute atomic E-state index is 0.0874. The Bertz CT molecular complexity index is 497. The lowest BCUT2D eigenvalue weighted by Gasteiger charge is -2.20. The van der Waals surface area contributed by atoms with Gasteiger partial charge in [-0.05, 0) is 25.8 Å². The number of rotatable bonds is 6. The van der Waals surface area contributed by atoms with Gasteiger partial charge >= 0.3 is 0 Å². The van der Waals surface area contributed by atoms with Crippen LogP contribution in [0.2, 0.25) is 0 Å². The molecule has 0 saturated heterocycles. The van der Waals surface area contributed by atoms with Crippen LogP contribution in [0.4, 0.5) is 0 Å². The van der Waals surface area contributed by atoms with Crippen LogP contribution in [-0.4, -0.2) is 41.8 Å². The normalized spacial score (nSPS) is 20.0. The van der Waals surface area contributed by atoms with Crippen molar-refractivity contribution in [2.75, 3.05) is 20.1 Å². The maximum absolute atomic E-state index is 12.4. The molecule has 1 aromatic rings. The van der Waals surface area contributed by atoms with Crippen LogP contribution in [0.5, 0.6) is 0 Å². The van der Waals surface area contributed by atoms with Crippen LogP contribution in [0.15, 0.2) is 30.3 Å². The van der Waals surface area contributed by atoms with E-state index >= 15 is 0 Å². The molecule has 114 valence electrons. The summed E-state index contributed by atoms with van der Waals surface area (Å²) in [5, 5.41) is 0. The molecular weight excluding hydrogens is 264 g/mol. The predicted octanol–water partition coefficient (Wildman–Crippen LogP) is 2.15. The quantitative estimate of drug-likeness (QED) is 0.805. The number of benzene rings is 1. The summed E-state index contributed by atoms with van der Waals surface area (Å²) in [6.45, 7) is 5.98. The standard InChI is InChI=1S/C17H24N2O2/c1-4-19(5-2)17(21)15-11-14(15)16(20)18(3)12-13-9-7-6-8-10-13/h6-10,14-15H,4-5,11-12H2,1-3H3. The molecule has 4 heteroatoms. The second kappa shape index (κ2) is 6.74. The first-order valence-corrected chi connectivity index (χ1v) is 7.66. The SMILES string of the molecule is CCN(CC)C(=O)C1CC1C(=O)N(C)Cc1ccccc1. The lowest BCUT2D eigenvalue weighted by atomic mass is 10.2. The zero-order chi connectivity index (χ0) is 15.4. The second-order valence-electron chi connectivity index (χ2n) is 5.64. The molecule has 1 saturated carbocycles. The van der Waals surface area contributed by atoms with E-state index in [2.05, 4.69) is 0 Å². The molecule has 4 nitrogen and oxygen atoms in total. The number of carbonyl (C=O) groups is 2. The molecule has 0 aromatic heterocycles. The van der Waals surface area contributed by atoms with Crippen LogP contribution < -0.4 is 0 Å². The molecule has 2 rings (SSSR count). The fourth-order valence-electron chi connectivity index (χ4n) is 2.73. The van der Waals surface area contributed by atoms with Crippen LogP contribution in [-0.2, 0) is 16.1 Å². The van der Waals surface area contributed by atoms with Crippen molar-refractivity contribution < 1.29 is 9.59 Å². The maximum atomic E-state index is 12.4. The van der Waals surface area contributed by atoms with Crippen molar-refractivity contribution in [1.82, 2.24) is 9.80 Å². The van der Waals surface area contributed by atoms with Gasteiger partial charge in [0.25, 0.3) is 0 Å². The van der Waals surface area contributed by atoms with Crippen LogP contribution in [0.25, 0.3) is 0 Å². The van der Waals surface area contributed by atoms with Gasteiger partial charge in [-0.15, -0.1) is 0 Å². The predicted molar refractivity (Wildman–Crippen MR) is 82.4 cm³/mol. The highest BCUT2D eigenvalue weighted by Gasteiger charge is 2.50. The average Bonchev–Trinajstić information content (AvgIpc) is 3.29. The summed E-state index contributed by atoms with van der Waals surface area (Å²) in [5.74, 6) is -0.00161. The topological polar surface area (TPSA) is 40.6 Å². The van der Waals surface area contributed by atoms with Crippen LogP contribution >= 0.6 is 0 Å². The minimum atomic E-state index is -0.119. The first-order valence-electron chi connectivity index (χ1n) is 7.66. The molecule has 0 bridgehead atoms. The summed E-state index contributed by atoms with van der Waals surface area (Å²) in [5.41, 5.74) is 1.11. The molecule has 1 aliphatic carbocycles. The van der Waals surface area contributed by atoms with Crippen molar-refractivity contribution >= 4 is 11.8 Å². The van der Waals surface area contributed by atoms with Gasteiger partial charge in [0.2, 0.25) is 11.8 Å². The number of amides is 2. The molecule has 1 aromatic carbocycles. The first kappa shape index (κ1) is 15.5. The minimum Gasteiger partial charge on any atom is -0.343 e. The lowest BCUT2D eigenvalue weighted by molar-refractivity contribution is -0.137. The van der Waals surface area contributed by atoms with Crippen LogP contribution in [0.1, 0.15) is 25.8 Å². The fraction of sp³-hybridized carbons (Fsp3) is 0.529. The molecule has 0 aliphatic heterocycles. The Morgan fingerprint density at radius 1 is 1.05 bits per heavy atom. The van der Waals surface area contributed by atoms with Gasteiger partial charge in [-0.3, -0.25) is 9.59 Å². The Kier molecular flexibility index (Phi) is 4.99. The average molecular weight is 288 g/mol. The van der Waals surface area contributed by atoms with E-state index in [4.69, 9.17) is 0 Å². The fourth-order valence-corrected chi connectivity index (χ4v) is 2.73. The Morgan fingerprint density at radius 2 is 1.62 bits per heavy atom. The maximum Gasteiger partial charge on any atom is 0.226 e. The van der Waals surface area contributed by atoms with Crippen molar-refractivity contribution in [1.29, 1.82) is 0 Å². The number of carbonyl (C=O) groups excluding carboxylic acids is 2. The molecule has 0 radical (unpaired) electrons. The summed E-state index contributed by atoms with van der Waals surface area (Å²) in [7, 11) is 1.81. The van der Waals surface area contributed by atoms with Crippen LogP contribution in [0, 0.1) is 11.8 Å². The van der Waals surface area contributed by atoms with E-state index in [-0.39, 0.29) is 23.7 Å². The van der Waals surface area contributed by atoms with Gasteiger partial charge in [0, 0.05) is 26.7 Å². The zero-order valence-electron chi connectivity index (χ0n) is 13.1. The number of hydrogen-bond donors (Lipinski definition) is 0. The van der Waals surface area contributed by atoms with Gasteiger partial charge in [0.05, 0.1) is 11.8 Å². The molecule has 0 heterocycles. The summed E-state index contributed by atoms with van der Waals surface area (Å²) < 4.78 is 0.